The van der Waals surface area contributed by atoms with Crippen LogP contribution in [0.5, 0.6) is 0 Å². The molecule has 1 heterocycles. The molecule has 0 aliphatic rings. The van der Waals surface area contributed by atoms with Crippen LogP contribution in [0.15, 0.2) is 42.7 Å². The van der Waals surface area contributed by atoms with Gasteiger partial charge in [-0.15, -0.1) is 0 Å². The summed E-state index contributed by atoms with van der Waals surface area (Å²) in [5.41, 5.74) is 7.49. The Labute approximate surface area is 104 Å². The largest absolute Gasteiger partial charge is 0.393 e. The summed E-state index contributed by atoms with van der Waals surface area (Å²) in [4.78, 5) is 14.0. The van der Waals surface area contributed by atoms with Gasteiger partial charge in [0.15, 0.2) is 0 Å². The number of nitrogens with two attached hydrogens (primary N) is 1. The molecule has 18 heavy (non-hydrogen) atoms. The van der Waals surface area contributed by atoms with Crippen molar-refractivity contribution in [1.29, 1.82) is 0 Å². The highest BCUT2D eigenvalue weighted by Gasteiger charge is 2.10. The second-order valence-electron chi connectivity index (χ2n) is 3.74. The number of rotatable bonds is 4. The van der Waals surface area contributed by atoms with E-state index >= 15 is 0 Å². The third-order valence-corrected chi connectivity index (χ3v) is 2.47. The molecular weight excluding hydrogens is 232 g/mol. The van der Waals surface area contributed by atoms with Gasteiger partial charge in [-0.3, -0.25) is 15.1 Å². The highest BCUT2D eigenvalue weighted by atomic mass is 16.6. The lowest BCUT2D eigenvalue weighted by atomic mass is 10.2. The van der Waals surface area contributed by atoms with Crippen molar-refractivity contribution in [3.63, 3.8) is 0 Å². The maximum absolute atomic E-state index is 10.6. The van der Waals surface area contributed by atoms with E-state index in [4.69, 9.17) is 5.73 Å². The highest BCUT2D eigenvalue weighted by molar-refractivity contribution is 5.65. The zero-order valence-corrected chi connectivity index (χ0v) is 9.54. The minimum atomic E-state index is -0.498. The minimum absolute atomic E-state index is 0.0792. The van der Waals surface area contributed by atoms with Crippen molar-refractivity contribution in [1.82, 2.24) is 4.98 Å². The molecule has 0 fully saturated rings. The van der Waals surface area contributed by atoms with Gasteiger partial charge in [0.2, 0.25) is 0 Å². The van der Waals surface area contributed by atoms with Gasteiger partial charge >= 0.3 is 0 Å². The van der Waals surface area contributed by atoms with E-state index < -0.39 is 4.92 Å². The summed E-state index contributed by atoms with van der Waals surface area (Å²) in [7, 11) is 0. The number of nitro benzene ring substituents is 1. The van der Waals surface area contributed by atoms with Gasteiger partial charge in [0.25, 0.3) is 5.69 Å². The number of benzene rings is 1. The lowest BCUT2D eigenvalue weighted by Crippen LogP contribution is -2.01. The Morgan fingerprint density at radius 3 is 2.61 bits per heavy atom. The van der Waals surface area contributed by atoms with Crippen molar-refractivity contribution < 1.29 is 4.92 Å². The number of hydrogen-bond donors (Lipinski definition) is 2. The number of pyridine rings is 1. The molecule has 6 heteroatoms. The Kier molecular flexibility index (Phi) is 3.38. The van der Waals surface area contributed by atoms with Crippen molar-refractivity contribution in [2.75, 3.05) is 11.1 Å². The Morgan fingerprint density at radius 2 is 2.00 bits per heavy atom. The molecule has 1 aromatic carbocycles. The first-order chi connectivity index (χ1) is 8.66. The fraction of sp³-hybridized carbons (Fsp3) is 0.0833. The van der Waals surface area contributed by atoms with E-state index in [0.717, 1.165) is 11.3 Å². The van der Waals surface area contributed by atoms with Gasteiger partial charge in [-0.05, 0) is 29.8 Å². The number of anilines is 2. The quantitative estimate of drug-likeness (QED) is 0.488. The topological polar surface area (TPSA) is 94.1 Å². The van der Waals surface area contributed by atoms with E-state index in [1.54, 1.807) is 24.5 Å². The van der Waals surface area contributed by atoms with Gasteiger partial charge in [0, 0.05) is 30.7 Å². The molecule has 0 saturated carbocycles. The lowest BCUT2D eigenvalue weighted by molar-refractivity contribution is -0.383. The molecule has 0 bridgehead atoms. The van der Waals surface area contributed by atoms with Crippen LogP contribution in [0.4, 0.5) is 17.1 Å². The van der Waals surface area contributed by atoms with E-state index in [1.165, 1.54) is 6.07 Å². The SMILES string of the molecule is Nc1cc(NCc2ccncc2)ccc1[N+](=O)[O-]. The molecule has 2 rings (SSSR count). The number of nitrogens with one attached hydrogen (secondary N) is 1. The van der Waals surface area contributed by atoms with Crippen LogP contribution in [0.1, 0.15) is 5.56 Å². The molecule has 0 amide bonds. The van der Waals surface area contributed by atoms with Gasteiger partial charge < -0.3 is 11.1 Å². The predicted molar refractivity (Wildman–Crippen MR) is 69.1 cm³/mol. The first-order valence-corrected chi connectivity index (χ1v) is 5.33. The van der Waals surface area contributed by atoms with E-state index in [2.05, 4.69) is 10.3 Å². The average Bonchev–Trinajstić information content (AvgIpc) is 2.37. The second-order valence-corrected chi connectivity index (χ2v) is 3.74. The molecule has 0 unspecified atom stereocenters. The highest BCUT2D eigenvalue weighted by Crippen LogP contribution is 2.24. The zero-order chi connectivity index (χ0) is 13.0. The molecule has 3 N–H and O–H groups in total. The van der Waals surface area contributed by atoms with E-state index in [0.29, 0.717) is 6.54 Å². The normalized spacial score (nSPS) is 10.0. The summed E-state index contributed by atoms with van der Waals surface area (Å²) < 4.78 is 0. The standard InChI is InChI=1S/C12H12N4O2/c13-11-7-10(1-2-12(11)16(17)18)15-8-9-3-5-14-6-4-9/h1-7,15H,8,13H2. The molecule has 0 atom stereocenters. The summed E-state index contributed by atoms with van der Waals surface area (Å²) in [6.45, 7) is 0.611. The first kappa shape index (κ1) is 11.8. The molecule has 92 valence electrons. The van der Waals surface area contributed by atoms with Crippen molar-refractivity contribution in [3.05, 3.63) is 58.4 Å². The molecule has 0 saturated heterocycles. The minimum Gasteiger partial charge on any atom is -0.393 e. The third kappa shape index (κ3) is 2.73. The molecule has 0 aliphatic carbocycles. The van der Waals surface area contributed by atoms with Crippen LogP contribution in [0.3, 0.4) is 0 Å². The molecule has 2 aromatic rings. The van der Waals surface area contributed by atoms with E-state index in [-0.39, 0.29) is 11.4 Å². The van der Waals surface area contributed by atoms with Gasteiger partial charge in [-0.25, -0.2) is 0 Å². The van der Waals surface area contributed by atoms with Gasteiger partial charge in [-0.2, -0.15) is 0 Å². The summed E-state index contributed by atoms with van der Waals surface area (Å²) >= 11 is 0. The molecular formula is C12H12N4O2. The van der Waals surface area contributed by atoms with Crippen LogP contribution in [-0.4, -0.2) is 9.91 Å². The molecule has 0 aliphatic heterocycles. The number of nitrogens with zero attached hydrogens (tertiary/aromatic N) is 2. The van der Waals surface area contributed by atoms with Gasteiger partial charge in [-0.1, -0.05) is 0 Å². The van der Waals surface area contributed by atoms with Crippen LogP contribution < -0.4 is 11.1 Å². The van der Waals surface area contributed by atoms with Crippen molar-refractivity contribution in [3.8, 4) is 0 Å². The fourth-order valence-electron chi connectivity index (χ4n) is 1.54. The van der Waals surface area contributed by atoms with E-state index in [9.17, 15) is 10.1 Å². The van der Waals surface area contributed by atoms with E-state index in [1.807, 2.05) is 12.1 Å². The summed E-state index contributed by atoms with van der Waals surface area (Å²) in [6, 6.07) is 8.36. The maximum Gasteiger partial charge on any atom is 0.292 e. The van der Waals surface area contributed by atoms with Crippen LogP contribution in [0.2, 0.25) is 0 Å². The van der Waals surface area contributed by atoms with Crippen LogP contribution >= 0.6 is 0 Å². The third-order valence-electron chi connectivity index (χ3n) is 2.47. The number of aromatic nitrogens is 1. The number of nitro groups is 1. The second kappa shape index (κ2) is 5.13. The van der Waals surface area contributed by atoms with Gasteiger partial charge in [0.1, 0.15) is 5.69 Å². The predicted octanol–water partition coefficient (Wildman–Crippen LogP) is 2.18. The van der Waals surface area contributed by atoms with Crippen LogP contribution in [0, 0.1) is 10.1 Å². The van der Waals surface area contributed by atoms with Crippen molar-refractivity contribution in [2.45, 2.75) is 6.54 Å². The number of hydrogen-bond acceptors (Lipinski definition) is 5. The molecule has 0 radical (unpaired) electrons. The molecule has 6 nitrogen and oxygen atoms in total. The van der Waals surface area contributed by atoms with Crippen molar-refractivity contribution >= 4 is 17.1 Å². The Balaban J connectivity index is 2.07. The summed E-state index contributed by atoms with van der Waals surface area (Å²) in [6.07, 6.45) is 3.42. The summed E-state index contributed by atoms with van der Waals surface area (Å²) in [5.74, 6) is 0. The van der Waals surface area contributed by atoms with Gasteiger partial charge in [0.05, 0.1) is 4.92 Å². The van der Waals surface area contributed by atoms with Crippen molar-refractivity contribution in [2.24, 2.45) is 0 Å². The van der Waals surface area contributed by atoms with Crippen LogP contribution in [-0.2, 0) is 6.54 Å². The molecule has 0 spiro atoms. The monoisotopic (exact) mass is 244 g/mol. The lowest BCUT2D eigenvalue weighted by Gasteiger charge is -2.07. The smallest absolute Gasteiger partial charge is 0.292 e. The Hall–Kier alpha value is -2.63. The Bertz CT molecular complexity index is 557. The summed E-state index contributed by atoms with van der Waals surface area (Å²) in [5, 5.41) is 13.7. The fourth-order valence-corrected chi connectivity index (χ4v) is 1.54. The zero-order valence-electron chi connectivity index (χ0n) is 9.54. The first-order valence-electron chi connectivity index (χ1n) is 5.33. The number of nitrogen functional groups attached to an aromatic ring is 1. The van der Waals surface area contributed by atoms with Crippen LogP contribution in [0.25, 0.3) is 0 Å². The maximum atomic E-state index is 10.6. The average molecular weight is 244 g/mol. The Morgan fingerprint density at radius 1 is 1.28 bits per heavy atom. The molecule has 1 aromatic heterocycles.